The van der Waals surface area contributed by atoms with Crippen LogP contribution < -0.4 is 0 Å². The Balaban J connectivity index is 0.000000503. The van der Waals surface area contributed by atoms with Crippen LogP contribution in [-0.4, -0.2) is 33.2 Å². The summed E-state index contributed by atoms with van der Waals surface area (Å²) in [5.74, 6) is 6.13. The van der Waals surface area contributed by atoms with E-state index in [2.05, 4.69) is 58.9 Å². The van der Waals surface area contributed by atoms with Gasteiger partial charge in [0.2, 0.25) is 0 Å². The molecule has 0 heterocycles. The van der Waals surface area contributed by atoms with Gasteiger partial charge in [-0.15, -0.1) is 0 Å². The maximum absolute atomic E-state index is 10.8. The van der Waals surface area contributed by atoms with Gasteiger partial charge in [-0.05, 0) is 117 Å². The van der Waals surface area contributed by atoms with Crippen molar-refractivity contribution in [3.8, 4) is 0 Å². The third-order valence-corrected chi connectivity index (χ3v) is 17.9. The van der Waals surface area contributed by atoms with Crippen LogP contribution in [0.15, 0.2) is 24.3 Å². The summed E-state index contributed by atoms with van der Waals surface area (Å²) in [5, 5.41) is 26.5. The fourth-order valence-electron chi connectivity index (χ4n) is 13.6. The normalized spacial score (nSPS) is 24.9. The van der Waals surface area contributed by atoms with Gasteiger partial charge in [0.25, 0.3) is 0 Å². The van der Waals surface area contributed by atoms with Gasteiger partial charge in [-0.1, -0.05) is 258 Å². The van der Waals surface area contributed by atoms with E-state index < -0.39 is 17.9 Å². The minimum Gasteiger partial charge on any atom is -0.481 e. The van der Waals surface area contributed by atoms with Crippen molar-refractivity contribution in [2.75, 3.05) is 0 Å². The van der Waals surface area contributed by atoms with Gasteiger partial charge < -0.3 is 15.3 Å². The molecule has 1 saturated carbocycles. The predicted molar refractivity (Wildman–Crippen MR) is 303 cm³/mol. The zero-order chi connectivity index (χ0) is 51.7. The van der Waals surface area contributed by atoms with Crippen LogP contribution in [0.4, 0.5) is 0 Å². The second-order valence-corrected chi connectivity index (χ2v) is 23.8. The Morgan fingerprint density at radius 2 is 0.620 bits per heavy atom. The van der Waals surface area contributed by atoms with Crippen LogP contribution in [0, 0.1) is 59.2 Å². The standard InChI is InChI=1S/C36H62O4.C29H56O2/c1-3-5-13-19-29-25-27-34-32(22-16-10-8-12-18-24-36(39)40)30(20-15-9-7-11-17-23-35(37)38)26-28-33(34)31(29)21-14-6-4-2;1-4-6-8-10-12-17-21-28-24-26(19-16-13-11-14-18-22-29(30)31)25(3)23-27(28)20-15-9-7-5-2/h25-34H,3-24H2,1-2H3,(H,37,38)(H,39,40);25-28H,4-24H2,1-3H3,(H,30,31). The fraction of sp³-hybridized carbons (Fsp3) is 0.892. The molecule has 0 aromatic heterocycles. The van der Waals surface area contributed by atoms with E-state index in [1.165, 1.54) is 205 Å². The van der Waals surface area contributed by atoms with Crippen molar-refractivity contribution >= 4 is 17.9 Å². The van der Waals surface area contributed by atoms with Crippen molar-refractivity contribution in [1.29, 1.82) is 0 Å². The van der Waals surface area contributed by atoms with Crippen LogP contribution in [0.1, 0.15) is 311 Å². The monoisotopic (exact) mass is 995 g/mol. The SMILES string of the molecule is CCCCCC1C=CC2C(C=CC(CCCCCCCC(=O)O)C2CCCCCCCC(=O)O)C1CCCCC.CCCCCCCCC1CC(CCCCCCCC(=O)O)C(C)CC1CCCCCC. The zero-order valence-corrected chi connectivity index (χ0v) is 47.6. The summed E-state index contributed by atoms with van der Waals surface area (Å²) in [6, 6.07) is 0. The van der Waals surface area contributed by atoms with Crippen LogP contribution >= 0.6 is 0 Å². The summed E-state index contributed by atoms with van der Waals surface area (Å²) in [6.45, 7) is 11.8. The molecule has 0 aliphatic heterocycles. The molecule has 3 N–H and O–H groups in total. The first-order valence-corrected chi connectivity index (χ1v) is 31.6. The highest BCUT2D eigenvalue weighted by molar-refractivity contribution is 5.67. The molecule has 3 aliphatic rings. The molecule has 0 saturated heterocycles. The molecule has 1 fully saturated rings. The lowest BCUT2D eigenvalue weighted by molar-refractivity contribution is -0.138. The number of rotatable bonds is 44. The van der Waals surface area contributed by atoms with E-state index in [9.17, 15) is 14.4 Å². The van der Waals surface area contributed by atoms with E-state index in [1.54, 1.807) is 0 Å². The molecule has 6 nitrogen and oxygen atoms in total. The third kappa shape index (κ3) is 30.8. The first-order chi connectivity index (χ1) is 34.6. The van der Waals surface area contributed by atoms with Crippen LogP contribution in [0.25, 0.3) is 0 Å². The number of hydrogen-bond donors (Lipinski definition) is 3. The maximum Gasteiger partial charge on any atom is 0.303 e. The number of carboxylic acid groups (broad SMARTS) is 3. The van der Waals surface area contributed by atoms with Crippen LogP contribution in [0.2, 0.25) is 0 Å². The smallest absolute Gasteiger partial charge is 0.303 e. The molecule has 0 amide bonds. The number of carboxylic acids is 3. The summed E-state index contributed by atoms with van der Waals surface area (Å²) in [5.41, 5.74) is 0. The van der Waals surface area contributed by atoms with Crippen LogP contribution in [0.3, 0.4) is 0 Å². The average molecular weight is 996 g/mol. The Labute approximate surface area is 440 Å². The lowest BCUT2D eigenvalue weighted by atomic mass is 9.58. The van der Waals surface area contributed by atoms with E-state index in [0.717, 1.165) is 92.8 Å². The van der Waals surface area contributed by atoms with Gasteiger partial charge in [-0.3, -0.25) is 14.4 Å². The van der Waals surface area contributed by atoms with E-state index in [-0.39, 0.29) is 0 Å². The Kier molecular flexibility index (Phi) is 39.5. The lowest BCUT2D eigenvalue weighted by Crippen LogP contribution is -2.39. The van der Waals surface area contributed by atoms with E-state index in [0.29, 0.717) is 37.0 Å². The Morgan fingerprint density at radius 3 is 1.03 bits per heavy atom. The van der Waals surface area contributed by atoms with Crippen molar-refractivity contribution in [2.24, 2.45) is 59.2 Å². The molecule has 3 rings (SSSR count). The summed E-state index contributed by atoms with van der Waals surface area (Å²) >= 11 is 0. The average Bonchev–Trinajstić information content (AvgIpc) is 3.34. The van der Waals surface area contributed by atoms with Crippen molar-refractivity contribution in [2.45, 2.75) is 311 Å². The van der Waals surface area contributed by atoms with Crippen molar-refractivity contribution in [3.63, 3.8) is 0 Å². The first kappa shape index (κ1) is 65.0. The molecule has 10 atom stereocenters. The van der Waals surface area contributed by atoms with Crippen molar-refractivity contribution in [1.82, 2.24) is 0 Å². The number of unbranched alkanes of at least 4 members (excludes halogenated alkanes) is 24. The van der Waals surface area contributed by atoms with Gasteiger partial charge >= 0.3 is 17.9 Å². The van der Waals surface area contributed by atoms with Gasteiger partial charge in [0.1, 0.15) is 0 Å². The predicted octanol–water partition coefficient (Wildman–Crippen LogP) is 20.4. The largest absolute Gasteiger partial charge is 0.481 e. The highest BCUT2D eigenvalue weighted by atomic mass is 16.4. The summed E-state index contributed by atoms with van der Waals surface area (Å²) in [7, 11) is 0. The Bertz CT molecular complexity index is 1350. The van der Waals surface area contributed by atoms with Crippen molar-refractivity contribution < 1.29 is 29.7 Å². The molecular formula is C65H118O6. The summed E-state index contributed by atoms with van der Waals surface area (Å²) in [4.78, 5) is 32.2. The molecule has 71 heavy (non-hydrogen) atoms. The molecule has 0 bridgehead atoms. The van der Waals surface area contributed by atoms with Crippen LogP contribution in [0.5, 0.6) is 0 Å². The fourth-order valence-corrected chi connectivity index (χ4v) is 13.6. The maximum atomic E-state index is 10.8. The molecule has 414 valence electrons. The van der Waals surface area contributed by atoms with Gasteiger partial charge in [0.15, 0.2) is 0 Å². The number of aliphatic carboxylic acids is 3. The quantitative estimate of drug-likeness (QED) is 0.0414. The lowest BCUT2D eigenvalue weighted by Gasteiger charge is -2.46. The van der Waals surface area contributed by atoms with Gasteiger partial charge in [0.05, 0.1) is 0 Å². The molecule has 6 heteroatoms. The summed E-state index contributed by atoms with van der Waals surface area (Å²) < 4.78 is 0. The Morgan fingerprint density at radius 1 is 0.338 bits per heavy atom. The third-order valence-electron chi connectivity index (χ3n) is 17.9. The Hall–Kier alpha value is -2.11. The number of carbonyl (C=O) groups is 3. The highest BCUT2D eigenvalue weighted by Crippen LogP contribution is 2.50. The van der Waals surface area contributed by atoms with Gasteiger partial charge in [-0.25, -0.2) is 0 Å². The molecular weight excluding hydrogens is 877 g/mol. The minimum absolute atomic E-state index is 0.304. The van der Waals surface area contributed by atoms with Gasteiger partial charge in [-0.2, -0.15) is 0 Å². The molecule has 0 aromatic carbocycles. The minimum atomic E-state index is -0.673. The molecule has 0 spiro atoms. The zero-order valence-electron chi connectivity index (χ0n) is 47.6. The summed E-state index contributed by atoms with van der Waals surface area (Å²) in [6.07, 6.45) is 63.1. The second kappa shape index (κ2) is 43.2. The number of allylic oxidation sites excluding steroid dienone is 4. The topological polar surface area (TPSA) is 112 Å². The molecule has 10 unspecified atom stereocenters. The van der Waals surface area contributed by atoms with E-state index in [4.69, 9.17) is 15.3 Å². The number of hydrogen-bond acceptors (Lipinski definition) is 3. The number of fused-ring (bicyclic) bond motifs is 1. The van der Waals surface area contributed by atoms with E-state index in [1.807, 2.05) is 0 Å². The first-order valence-electron chi connectivity index (χ1n) is 31.6. The molecule has 0 radical (unpaired) electrons. The molecule has 3 aliphatic carbocycles. The van der Waals surface area contributed by atoms with Crippen molar-refractivity contribution in [3.05, 3.63) is 24.3 Å². The van der Waals surface area contributed by atoms with Crippen LogP contribution in [-0.2, 0) is 14.4 Å². The molecule has 0 aromatic rings. The van der Waals surface area contributed by atoms with Gasteiger partial charge in [0, 0.05) is 19.3 Å². The second-order valence-electron chi connectivity index (χ2n) is 23.8. The van der Waals surface area contributed by atoms with E-state index >= 15 is 0 Å². The highest BCUT2D eigenvalue weighted by Gasteiger charge is 2.42.